The molecule has 0 atom stereocenters. The van der Waals surface area contributed by atoms with Crippen LogP contribution in [0.25, 0.3) is 16.5 Å². The number of nitrogens with zero attached hydrogens (tertiary/aromatic N) is 1. The molecule has 0 spiro atoms. The third kappa shape index (κ3) is 4.21. The van der Waals surface area contributed by atoms with Crippen LogP contribution in [-0.2, 0) is 11.2 Å². The Morgan fingerprint density at radius 3 is 2.72 bits per heavy atom. The molecule has 150 valence electrons. The summed E-state index contributed by atoms with van der Waals surface area (Å²) in [5.41, 5.74) is 6.20. The van der Waals surface area contributed by atoms with Gasteiger partial charge in [-0.15, -0.1) is 0 Å². The fourth-order valence-electron chi connectivity index (χ4n) is 4.20. The standard InChI is InChI=1S/C25H28N2O2/c1-18-22(23-17-21(29-2)11-12-24(23)26-18)9-6-10-25(28)27-15-13-20(14-16-27)19-7-4-3-5-8-19/h3-5,7-8,11-13,17,26H,6,9-10,14-16H2,1-2H3. The van der Waals surface area contributed by atoms with Crippen molar-refractivity contribution in [1.29, 1.82) is 0 Å². The first-order valence-corrected chi connectivity index (χ1v) is 10.3. The predicted molar refractivity (Wildman–Crippen MR) is 118 cm³/mol. The number of fused-ring (bicyclic) bond motifs is 1. The van der Waals surface area contributed by atoms with Gasteiger partial charge in [0.05, 0.1) is 7.11 Å². The second-order valence-electron chi connectivity index (χ2n) is 7.68. The van der Waals surface area contributed by atoms with Gasteiger partial charge in [-0.2, -0.15) is 0 Å². The Morgan fingerprint density at radius 2 is 2.00 bits per heavy atom. The fourth-order valence-corrected chi connectivity index (χ4v) is 4.20. The average molecular weight is 389 g/mol. The zero-order valence-corrected chi connectivity index (χ0v) is 17.2. The van der Waals surface area contributed by atoms with Crippen molar-refractivity contribution >= 4 is 22.4 Å². The number of ether oxygens (including phenoxy) is 1. The molecule has 1 aromatic heterocycles. The average Bonchev–Trinajstić information content (AvgIpc) is 3.08. The van der Waals surface area contributed by atoms with Gasteiger partial charge in [0, 0.05) is 36.1 Å². The molecule has 0 fully saturated rings. The highest BCUT2D eigenvalue weighted by atomic mass is 16.5. The van der Waals surface area contributed by atoms with Crippen molar-refractivity contribution in [3.8, 4) is 5.75 Å². The molecule has 4 heteroatoms. The number of hydrogen-bond acceptors (Lipinski definition) is 2. The van der Waals surface area contributed by atoms with Gasteiger partial charge < -0.3 is 14.6 Å². The molecule has 1 N–H and O–H groups in total. The SMILES string of the molecule is COc1ccc2[nH]c(C)c(CCCC(=O)N3CC=C(c4ccccc4)CC3)c2c1. The van der Waals surface area contributed by atoms with E-state index in [4.69, 9.17) is 4.74 Å². The second-order valence-corrected chi connectivity index (χ2v) is 7.68. The maximum Gasteiger partial charge on any atom is 0.222 e. The Hall–Kier alpha value is -3.01. The summed E-state index contributed by atoms with van der Waals surface area (Å²) in [6, 6.07) is 16.6. The van der Waals surface area contributed by atoms with Gasteiger partial charge in [0.2, 0.25) is 5.91 Å². The van der Waals surface area contributed by atoms with Gasteiger partial charge >= 0.3 is 0 Å². The molecule has 0 saturated carbocycles. The zero-order chi connectivity index (χ0) is 20.2. The van der Waals surface area contributed by atoms with E-state index in [1.807, 2.05) is 17.0 Å². The summed E-state index contributed by atoms with van der Waals surface area (Å²) in [5, 5.41) is 1.20. The van der Waals surface area contributed by atoms with E-state index in [1.165, 1.54) is 27.8 Å². The number of aromatic nitrogens is 1. The Balaban J connectivity index is 1.35. The van der Waals surface area contributed by atoms with Crippen molar-refractivity contribution in [1.82, 2.24) is 9.88 Å². The molecule has 1 aliphatic heterocycles. The predicted octanol–water partition coefficient (Wildman–Crippen LogP) is 5.12. The zero-order valence-electron chi connectivity index (χ0n) is 17.2. The van der Waals surface area contributed by atoms with Crippen LogP contribution in [0.1, 0.15) is 36.1 Å². The number of methoxy groups -OCH3 is 1. The lowest BCUT2D eigenvalue weighted by Gasteiger charge is -2.26. The van der Waals surface area contributed by atoms with Crippen LogP contribution in [0, 0.1) is 6.92 Å². The topological polar surface area (TPSA) is 45.3 Å². The number of hydrogen-bond donors (Lipinski definition) is 1. The van der Waals surface area contributed by atoms with Crippen molar-refractivity contribution in [2.24, 2.45) is 0 Å². The monoisotopic (exact) mass is 388 g/mol. The number of H-pyrrole nitrogens is 1. The molecular weight excluding hydrogens is 360 g/mol. The Morgan fingerprint density at radius 1 is 1.17 bits per heavy atom. The molecule has 0 saturated heterocycles. The van der Waals surface area contributed by atoms with Crippen LogP contribution in [0.4, 0.5) is 0 Å². The van der Waals surface area contributed by atoms with E-state index in [2.05, 4.69) is 54.4 Å². The number of aryl methyl sites for hydroxylation is 2. The third-order valence-corrected chi connectivity index (χ3v) is 5.85. The Kier molecular flexibility index (Phi) is 5.70. The van der Waals surface area contributed by atoms with Crippen LogP contribution in [-0.4, -0.2) is 36.0 Å². The molecule has 2 heterocycles. The molecule has 2 aromatic carbocycles. The number of amides is 1. The van der Waals surface area contributed by atoms with Gasteiger partial charge in [-0.3, -0.25) is 4.79 Å². The molecule has 4 rings (SSSR count). The van der Waals surface area contributed by atoms with Gasteiger partial charge in [-0.25, -0.2) is 0 Å². The number of carbonyl (C=O) groups excluding carboxylic acids is 1. The normalized spacial score (nSPS) is 14.1. The smallest absolute Gasteiger partial charge is 0.222 e. The van der Waals surface area contributed by atoms with Gasteiger partial charge in [-0.05, 0) is 61.1 Å². The molecule has 1 aliphatic rings. The lowest BCUT2D eigenvalue weighted by Crippen LogP contribution is -2.34. The summed E-state index contributed by atoms with van der Waals surface area (Å²) in [4.78, 5) is 18.1. The largest absolute Gasteiger partial charge is 0.497 e. The van der Waals surface area contributed by atoms with Gasteiger partial charge in [0.1, 0.15) is 5.75 Å². The molecule has 4 nitrogen and oxygen atoms in total. The van der Waals surface area contributed by atoms with E-state index in [1.54, 1.807) is 7.11 Å². The number of nitrogens with one attached hydrogen (secondary N) is 1. The quantitative estimate of drug-likeness (QED) is 0.637. The van der Waals surface area contributed by atoms with Crippen molar-refractivity contribution in [3.63, 3.8) is 0 Å². The van der Waals surface area contributed by atoms with E-state index in [-0.39, 0.29) is 5.91 Å². The van der Waals surface area contributed by atoms with Crippen molar-refractivity contribution < 1.29 is 9.53 Å². The minimum Gasteiger partial charge on any atom is -0.497 e. The van der Waals surface area contributed by atoms with Crippen LogP contribution in [0.5, 0.6) is 5.75 Å². The first kappa shape index (κ1) is 19.3. The van der Waals surface area contributed by atoms with Crippen LogP contribution in [0.15, 0.2) is 54.6 Å². The Bertz CT molecular complexity index is 1030. The number of benzene rings is 2. The van der Waals surface area contributed by atoms with E-state index < -0.39 is 0 Å². The van der Waals surface area contributed by atoms with Crippen LogP contribution < -0.4 is 4.74 Å². The highest BCUT2D eigenvalue weighted by Crippen LogP contribution is 2.28. The highest BCUT2D eigenvalue weighted by Gasteiger charge is 2.18. The molecule has 29 heavy (non-hydrogen) atoms. The van der Waals surface area contributed by atoms with E-state index in [9.17, 15) is 4.79 Å². The van der Waals surface area contributed by atoms with Gasteiger partial charge in [0.15, 0.2) is 0 Å². The van der Waals surface area contributed by atoms with Crippen molar-refractivity contribution in [2.75, 3.05) is 20.2 Å². The first-order valence-electron chi connectivity index (χ1n) is 10.3. The summed E-state index contributed by atoms with van der Waals surface area (Å²) >= 11 is 0. The fraction of sp³-hybridized carbons (Fsp3) is 0.320. The van der Waals surface area contributed by atoms with Crippen molar-refractivity contribution in [3.05, 3.63) is 71.4 Å². The van der Waals surface area contributed by atoms with E-state index in [0.29, 0.717) is 13.0 Å². The molecule has 0 aliphatic carbocycles. The van der Waals surface area contributed by atoms with Crippen LogP contribution >= 0.6 is 0 Å². The number of carbonyl (C=O) groups is 1. The number of rotatable bonds is 6. The summed E-state index contributed by atoms with van der Waals surface area (Å²) in [6.45, 7) is 3.62. The maximum absolute atomic E-state index is 12.7. The maximum atomic E-state index is 12.7. The molecule has 0 bridgehead atoms. The molecule has 0 radical (unpaired) electrons. The van der Waals surface area contributed by atoms with Gasteiger partial charge in [-0.1, -0.05) is 36.4 Å². The molecule has 1 amide bonds. The van der Waals surface area contributed by atoms with Crippen LogP contribution in [0.3, 0.4) is 0 Å². The number of aromatic amines is 1. The Labute approximate surface area is 172 Å². The summed E-state index contributed by atoms with van der Waals surface area (Å²) in [5.74, 6) is 1.12. The lowest BCUT2D eigenvalue weighted by molar-refractivity contribution is -0.130. The highest BCUT2D eigenvalue weighted by molar-refractivity contribution is 5.86. The second kappa shape index (κ2) is 8.56. The first-order chi connectivity index (χ1) is 14.2. The molecular formula is C25H28N2O2. The minimum absolute atomic E-state index is 0.253. The minimum atomic E-state index is 0.253. The van der Waals surface area contributed by atoms with E-state index >= 15 is 0 Å². The molecule has 0 unspecified atom stereocenters. The molecule has 3 aromatic rings. The van der Waals surface area contributed by atoms with Crippen LogP contribution in [0.2, 0.25) is 0 Å². The summed E-state index contributed by atoms with van der Waals surface area (Å²) < 4.78 is 5.37. The van der Waals surface area contributed by atoms with Gasteiger partial charge in [0.25, 0.3) is 0 Å². The van der Waals surface area contributed by atoms with Crippen molar-refractivity contribution in [2.45, 2.75) is 32.6 Å². The van der Waals surface area contributed by atoms with E-state index in [0.717, 1.165) is 37.1 Å². The summed E-state index contributed by atoms with van der Waals surface area (Å²) in [6.07, 6.45) is 5.47. The third-order valence-electron chi connectivity index (χ3n) is 5.85. The lowest BCUT2D eigenvalue weighted by atomic mass is 9.99. The summed E-state index contributed by atoms with van der Waals surface area (Å²) in [7, 11) is 1.69.